The Labute approximate surface area is 90.3 Å². The quantitative estimate of drug-likeness (QED) is 0.764. The van der Waals surface area contributed by atoms with Gasteiger partial charge >= 0.3 is 0 Å². The molecule has 0 aliphatic carbocycles. The van der Waals surface area contributed by atoms with Crippen molar-refractivity contribution in [2.45, 2.75) is 60.8 Å². The zero-order valence-electron chi connectivity index (χ0n) is 11.1. The molecule has 2 N–H and O–H groups in total. The van der Waals surface area contributed by atoms with Crippen LogP contribution in [0.2, 0.25) is 0 Å². The largest absolute Gasteiger partial charge is 0.333 e. The lowest BCUT2D eigenvalue weighted by molar-refractivity contribution is -0.126. The molecule has 0 heterocycles. The minimum Gasteiger partial charge on any atom is -0.333 e. The van der Waals surface area contributed by atoms with Crippen LogP contribution in [0.5, 0.6) is 0 Å². The number of carbonyl (C=O) groups excluding carboxylic acids is 1. The van der Waals surface area contributed by atoms with E-state index in [4.69, 9.17) is 0 Å². The van der Waals surface area contributed by atoms with Gasteiger partial charge in [0.2, 0.25) is 0 Å². The summed E-state index contributed by atoms with van der Waals surface area (Å²) >= 11 is 0. The number of nitrogens with two attached hydrogens (primary N) is 1. The Hall–Kier alpha value is -0.370. The molecule has 0 aliphatic heterocycles. The summed E-state index contributed by atoms with van der Waals surface area (Å²) in [5.41, 5.74) is 4.44. The molecule has 2 heteroatoms. The molecule has 2 nitrogen and oxygen atoms in total. The minimum absolute atomic E-state index is 0.0556. The number of carbonyl (C=O) groups is 1. The molecule has 0 saturated carbocycles. The van der Waals surface area contributed by atoms with Crippen LogP contribution in [0.1, 0.15) is 60.8 Å². The molecule has 0 amide bonds. The monoisotopic (exact) mass is 203 g/mol. The number of Topliss-reactive ketones (excluding diaryl/α,β-unsaturated/α-hetero) is 1. The summed E-state index contributed by atoms with van der Waals surface area (Å²) in [7, 11) is 1.50. The molecule has 0 aliphatic rings. The Morgan fingerprint density at radius 3 is 1.29 bits per heavy atom. The molecule has 0 rings (SSSR count). The van der Waals surface area contributed by atoms with E-state index in [0.717, 1.165) is 12.8 Å². The molecular formula is C12H29NO. The highest BCUT2D eigenvalue weighted by Gasteiger charge is 2.24. The summed E-state index contributed by atoms with van der Waals surface area (Å²) in [5, 5.41) is 0. The van der Waals surface area contributed by atoms with Crippen LogP contribution in [-0.2, 0) is 4.79 Å². The normalized spacial score (nSPS) is 9.14. The molecule has 0 aromatic heterocycles. The number of ketones is 1. The zero-order chi connectivity index (χ0) is 12.2. The van der Waals surface area contributed by atoms with Crippen LogP contribution in [0.25, 0.3) is 0 Å². The first kappa shape index (κ1) is 19.2. The fourth-order valence-corrected chi connectivity index (χ4v) is 0.748. The first-order chi connectivity index (χ1) is 6.48. The summed E-state index contributed by atoms with van der Waals surface area (Å²) in [6.45, 7) is 12.1. The van der Waals surface area contributed by atoms with Gasteiger partial charge in [0.1, 0.15) is 5.78 Å². The van der Waals surface area contributed by atoms with Crippen LogP contribution in [0.4, 0.5) is 0 Å². The molecule has 0 unspecified atom stereocenters. The average Bonchev–Trinajstić information content (AvgIpc) is 2.20. The van der Waals surface area contributed by atoms with Gasteiger partial charge in [-0.2, -0.15) is 0 Å². The molecule has 88 valence electrons. The zero-order valence-corrected chi connectivity index (χ0v) is 11.1. The molecular weight excluding hydrogens is 174 g/mol. The van der Waals surface area contributed by atoms with Crippen molar-refractivity contribution < 1.29 is 4.79 Å². The van der Waals surface area contributed by atoms with Gasteiger partial charge in [-0.25, -0.2) is 0 Å². The Bertz CT molecular complexity index is 117. The molecule has 0 aromatic rings. The van der Waals surface area contributed by atoms with Crippen LogP contribution in [-0.4, -0.2) is 12.8 Å². The van der Waals surface area contributed by atoms with E-state index < -0.39 is 0 Å². The van der Waals surface area contributed by atoms with Crippen molar-refractivity contribution in [3.8, 4) is 0 Å². The fraction of sp³-hybridized carbons (Fsp3) is 0.917. The summed E-state index contributed by atoms with van der Waals surface area (Å²) in [4.78, 5) is 10.9. The molecule has 14 heavy (non-hydrogen) atoms. The van der Waals surface area contributed by atoms with Gasteiger partial charge in [0, 0.05) is 5.41 Å². The maximum atomic E-state index is 10.9. The Morgan fingerprint density at radius 2 is 1.29 bits per heavy atom. The molecule has 0 radical (unpaired) electrons. The minimum atomic E-state index is -0.0556. The smallest absolute Gasteiger partial charge is 0.135 e. The van der Waals surface area contributed by atoms with E-state index in [1.54, 1.807) is 6.92 Å². The van der Waals surface area contributed by atoms with E-state index in [2.05, 4.69) is 33.4 Å². The summed E-state index contributed by atoms with van der Waals surface area (Å²) < 4.78 is 0. The van der Waals surface area contributed by atoms with E-state index >= 15 is 0 Å². The second-order valence-corrected chi connectivity index (χ2v) is 3.53. The third kappa shape index (κ3) is 9.72. The van der Waals surface area contributed by atoms with E-state index in [0.29, 0.717) is 5.78 Å². The predicted molar refractivity (Wildman–Crippen MR) is 65.4 cm³/mol. The van der Waals surface area contributed by atoms with Crippen molar-refractivity contribution in [1.29, 1.82) is 0 Å². The Morgan fingerprint density at radius 1 is 1.07 bits per heavy atom. The second kappa shape index (κ2) is 12.6. The maximum absolute atomic E-state index is 10.9. The highest BCUT2D eigenvalue weighted by molar-refractivity contribution is 5.81. The van der Waals surface area contributed by atoms with Crippen molar-refractivity contribution in [2.75, 3.05) is 7.05 Å². The van der Waals surface area contributed by atoms with Gasteiger partial charge in [0.05, 0.1) is 0 Å². The van der Waals surface area contributed by atoms with Crippen molar-refractivity contribution in [3.05, 3.63) is 0 Å². The highest BCUT2D eigenvalue weighted by atomic mass is 16.1. The Kier molecular flexibility index (Phi) is 17.4. The first-order valence-electron chi connectivity index (χ1n) is 5.57. The van der Waals surface area contributed by atoms with E-state index in [1.165, 1.54) is 13.5 Å². The summed E-state index contributed by atoms with van der Waals surface area (Å²) in [5.74, 6) is 0.313. The maximum Gasteiger partial charge on any atom is 0.135 e. The third-order valence-corrected chi connectivity index (χ3v) is 2.41. The molecule has 0 saturated heterocycles. The lowest BCUT2D eigenvalue weighted by Crippen LogP contribution is -2.23. The molecule has 0 spiro atoms. The average molecular weight is 203 g/mol. The van der Waals surface area contributed by atoms with Gasteiger partial charge in [-0.1, -0.05) is 41.0 Å². The van der Waals surface area contributed by atoms with Gasteiger partial charge in [0.15, 0.2) is 0 Å². The topological polar surface area (TPSA) is 43.1 Å². The van der Waals surface area contributed by atoms with E-state index in [-0.39, 0.29) is 5.41 Å². The molecule has 0 atom stereocenters. The van der Waals surface area contributed by atoms with Crippen LogP contribution in [0.3, 0.4) is 0 Å². The van der Waals surface area contributed by atoms with Crippen molar-refractivity contribution in [2.24, 2.45) is 11.1 Å². The standard InChI is InChI=1S/C8H16O.C3H8.CH5N/c1-5-8(4,6-2)7(3)9;1-3-2;1-2/h5-6H2,1-4H3;3H2,1-2H3;2H2,1H3. The lowest BCUT2D eigenvalue weighted by atomic mass is 9.81. The molecule has 0 bridgehead atoms. The number of hydrogen-bond donors (Lipinski definition) is 1. The van der Waals surface area contributed by atoms with Crippen molar-refractivity contribution in [1.82, 2.24) is 0 Å². The van der Waals surface area contributed by atoms with Crippen LogP contribution in [0, 0.1) is 5.41 Å². The van der Waals surface area contributed by atoms with Crippen LogP contribution >= 0.6 is 0 Å². The van der Waals surface area contributed by atoms with Gasteiger partial charge in [-0.05, 0) is 26.8 Å². The molecule has 0 aromatic carbocycles. The number of rotatable bonds is 3. The van der Waals surface area contributed by atoms with Crippen molar-refractivity contribution >= 4 is 5.78 Å². The lowest BCUT2D eigenvalue weighted by Gasteiger charge is -2.22. The van der Waals surface area contributed by atoms with Gasteiger partial charge in [0.25, 0.3) is 0 Å². The third-order valence-electron chi connectivity index (χ3n) is 2.41. The second-order valence-electron chi connectivity index (χ2n) is 3.53. The van der Waals surface area contributed by atoms with Gasteiger partial charge < -0.3 is 5.73 Å². The van der Waals surface area contributed by atoms with Gasteiger partial charge in [-0.3, -0.25) is 4.79 Å². The Balaban J connectivity index is -0.000000205. The first-order valence-corrected chi connectivity index (χ1v) is 5.57. The van der Waals surface area contributed by atoms with Crippen LogP contribution < -0.4 is 5.73 Å². The molecule has 0 fully saturated rings. The fourth-order valence-electron chi connectivity index (χ4n) is 0.748. The SMILES string of the molecule is CCC.CCC(C)(CC)C(C)=O.CN. The summed E-state index contributed by atoms with van der Waals surface area (Å²) in [6.07, 6.45) is 3.16. The summed E-state index contributed by atoms with van der Waals surface area (Å²) in [6, 6.07) is 0. The van der Waals surface area contributed by atoms with Gasteiger partial charge in [-0.15, -0.1) is 0 Å². The van der Waals surface area contributed by atoms with E-state index in [9.17, 15) is 4.79 Å². The number of hydrogen-bond acceptors (Lipinski definition) is 2. The van der Waals surface area contributed by atoms with Crippen LogP contribution in [0.15, 0.2) is 0 Å². The van der Waals surface area contributed by atoms with E-state index in [1.807, 2.05) is 6.92 Å². The predicted octanol–water partition coefficient (Wildman–Crippen LogP) is 3.39. The highest BCUT2D eigenvalue weighted by Crippen LogP contribution is 2.25. The van der Waals surface area contributed by atoms with Crippen molar-refractivity contribution in [3.63, 3.8) is 0 Å².